The standard InChI is InChI=1S/C17H21FN4O2/c1-17(23-10-11-24-17)13-6-8-21(9-7-13)16-19-12-22(20-16)15-4-2-14(18)3-5-15/h2-5,12-13H,6-11H2,1H3. The van der Waals surface area contributed by atoms with Crippen molar-refractivity contribution in [1.82, 2.24) is 14.8 Å². The summed E-state index contributed by atoms with van der Waals surface area (Å²) < 4.78 is 26.3. The molecule has 2 saturated heterocycles. The van der Waals surface area contributed by atoms with Gasteiger partial charge in [0.2, 0.25) is 5.95 Å². The van der Waals surface area contributed by atoms with Crippen LogP contribution in [0, 0.1) is 11.7 Å². The van der Waals surface area contributed by atoms with Crippen molar-refractivity contribution in [3.63, 3.8) is 0 Å². The predicted molar refractivity (Wildman–Crippen MR) is 86.6 cm³/mol. The molecular weight excluding hydrogens is 311 g/mol. The molecule has 2 aliphatic rings. The van der Waals surface area contributed by atoms with E-state index in [0.29, 0.717) is 25.1 Å². The van der Waals surface area contributed by atoms with Crippen LogP contribution in [0.3, 0.4) is 0 Å². The molecule has 0 amide bonds. The molecule has 6 nitrogen and oxygen atoms in total. The number of hydrogen-bond donors (Lipinski definition) is 0. The van der Waals surface area contributed by atoms with Gasteiger partial charge in [0.05, 0.1) is 18.9 Å². The van der Waals surface area contributed by atoms with Gasteiger partial charge in [-0.05, 0) is 44.0 Å². The average Bonchev–Trinajstić information content (AvgIpc) is 3.26. The summed E-state index contributed by atoms with van der Waals surface area (Å²) in [6.07, 6.45) is 3.64. The molecule has 0 radical (unpaired) electrons. The van der Waals surface area contributed by atoms with E-state index >= 15 is 0 Å². The second-order valence-electron chi connectivity index (χ2n) is 6.44. The van der Waals surface area contributed by atoms with Crippen molar-refractivity contribution < 1.29 is 13.9 Å². The van der Waals surface area contributed by atoms with E-state index in [1.54, 1.807) is 23.1 Å². The molecule has 0 N–H and O–H groups in total. The molecule has 7 heteroatoms. The van der Waals surface area contributed by atoms with E-state index in [9.17, 15) is 4.39 Å². The smallest absolute Gasteiger partial charge is 0.245 e. The molecule has 0 spiro atoms. The highest BCUT2D eigenvalue weighted by Gasteiger charge is 2.41. The zero-order valence-electron chi connectivity index (χ0n) is 13.7. The highest BCUT2D eigenvalue weighted by molar-refractivity contribution is 5.34. The van der Waals surface area contributed by atoms with Crippen LogP contribution >= 0.6 is 0 Å². The van der Waals surface area contributed by atoms with Crippen LogP contribution in [0.15, 0.2) is 30.6 Å². The number of anilines is 1. The van der Waals surface area contributed by atoms with Crippen LogP contribution in [0.2, 0.25) is 0 Å². The summed E-state index contributed by atoms with van der Waals surface area (Å²) >= 11 is 0. The molecule has 2 fully saturated rings. The van der Waals surface area contributed by atoms with Crippen molar-refractivity contribution in [3.05, 3.63) is 36.4 Å². The zero-order chi connectivity index (χ0) is 16.6. The van der Waals surface area contributed by atoms with Gasteiger partial charge in [-0.2, -0.15) is 4.98 Å². The zero-order valence-corrected chi connectivity index (χ0v) is 13.7. The summed E-state index contributed by atoms with van der Waals surface area (Å²) in [5, 5.41) is 4.52. The van der Waals surface area contributed by atoms with Crippen molar-refractivity contribution in [2.45, 2.75) is 25.6 Å². The van der Waals surface area contributed by atoms with Crippen molar-refractivity contribution in [3.8, 4) is 5.69 Å². The van der Waals surface area contributed by atoms with Gasteiger partial charge in [0, 0.05) is 19.0 Å². The van der Waals surface area contributed by atoms with E-state index in [1.165, 1.54) is 12.1 Å². The van der Waals surface area contributed by atoms with Gasteiger partial charge in [-0.3, -0.25) is 0 Å². The Labute approximate surface area is 140 Å². The van der Waals surface area contributed by atoms with Gasteiger partial charge < -0.3 is 14.4 Å². The highest BCUT2D eigenvalue weighted by atomic mass is 19.1. The van der Waals surface area contributed by atoms with Crippen LogP contribution in [-0.4, -0.2) is 46.9 Å². The fourth-order valence-electron chi connectivity index (χ4n) is 3.49. The lowest BCUT2D eigenvalue weighted by molar-refractivity contribution is -0.185. The van der Waals surface area contributed by atoms with Crippen molar-refractivity contribution in [1.29, 1.82) is 0 Å². The van der Waals surface area contributed by atoms with E-state index in [-0.39, 0.29) is 5.82 Å². The summed E-state index contributed by atoms with van der Waals surface area (Å²) in [6.45, 7) is 5.16. The maximum Gasteiger partial charge on any atom is 0.245 e. The van der Waals surface area contributed by atoms with Gasteiger partial charge in [0.15, 0.2) is 5.79 Å². The lowest BCUT2D eigenvalue weighted by Crippen LogP contribution is -2.44. The number of aromatic nitrogens is 3. The maximum atomic E-state index is 13.0. The molecule has 0 saturated carbocycles. The summed E-state index contributed by atoms with van der Waals surface area (Å²) in [4.78, 5) is 6.58. The first-order chi connectivity index (χ1) is 11.6. The minimum absolute atomic E-state index is 0.258. The maximum absolute atomic E-state index is 13.0. The Balaban J connectivity index is 1.42. The molecule has 2 aliphatic heterocycles. The first-order valence-corrected chi connectivity index (χ1v) is 8.34. The van der Waals surface area contributed by atoms with Crippen LogP contribution in [-0.2, 0) is 9.47 Å². The Hall–Kier alpha value is -1.99. The Morgan fingerprint density at radius 2 is 1.79 bits per heavy atom. The summed E-state index contributed by atoms with van der Waals surface area (Å²) in [5.74, 6) is 0.408. The molecule has 1 aromatic carbocycles. The van der Waals surface area contributed by atoms with E-state index in [2.05, 4.69) is 15.0 Å². The molecule has 0 bridgehead atoms. The third-order valence-electron chi connectivity index (χ3n) is 4.95. The second kappa shape index (κ2) is 6.14. The third kappa shape index (κ3) is 2.89. The number of piperidine rings is 1. The van der Waals surface area contributed by atoms with Crippen molar-refractivity contribution in [2.75, 3.05) is 31.2 Å². The van der Waals surface area contributed by atoms with E-state index in [4.69, 9.17) is 9.47 Å². The first kappa shape index (κ1) is 15.5. The molecule has 0 unspecified atom stereocenters. The summed E-state index contributed by atoms with van der Waals surface area (Å²) in [6, 6.07) is 6.22. The van der Waals surface area contributed by atoms with Gasteiger partial charge >= 0.3 is 0 Å². The molecular formula is C17H21FN4O2. The fourth-order valence-corrected chi connectivity index (χ4v) is 3.49. The van der Waals surface area contributed by atoms with Crippen LogP contribution < -0.4 is 4.90 Å². The van der Waals surface area contributed by atoms with E-state index in [1.807, 2.05) is 6.92 Å². The third-order valence-corrected chi connectivity index (χ3v) is 4.95. The molecule has 3 heterocycles. The molecule has 0 atom stereocenters. The predicted octanol–water partition coefficient (Wildman–Crippen LogP) is 2.39. The van der Waals surface area contributed by atoms with Gasteiger partial charge in [0.1, 0.15) is 12.1 Å². The highest BCUT2D eigenvalue weighted by Crippen LogP contribution is 2.35. The topological polar surface area (TPSA) is 52.4 Å². The number of nitrogens with zero attached hydrogens (tertiary/aromatic N) is 4. The van der Waals surface area contributed by atoms with E-state index in [0.717, 1.165) is 31.6 Å². The number of halogens is 1. The molecule has 2 aromatic rings. The quantitative estimate of drug-likeness (QED) is 0.864. The van der Waals surface area contributed by atoms with Gasteiger partial charge in [-0.25, -0.2) is 9.07 Å². The average molecular weight is 332 g/mol. The molecule has 0 aliphatic carbocycles. The largest absolute Gasteiger partial charge is 0.348 e. The Kier molecular flexibility index (Phi) is 3.97. The Morgan fingerprint density at radius 3 is 2.46 bits per heavy atom. The van der Waals surface area contributed by atoms with Gasteiger partial charge in [-0.1, -0.05) is 0 Å². The number of hydrogen-bond acceptors (Lipinski definition) is 5. The van der Waals surface area contributed by atoms with Crippen LogP contribution in [0.25, 0.3) is 5.69 Å². The van der Waals surface area contributed by atoms with Crippen LogP contribution in [0.1, 0.15) is 19.8 Å². The minimum Gasteiger partial charge on any atom is -0.348 e. The normalized spacial score (nSPS) is 21.3. The second-order valence-corrected chi connectivity index (χ2v) is 6.44. The van der Waals surface area contributed by atoms with Gasteiger partial charge in [0.25, 0.3) is 0 Å². The van der Waals surface area contributed by atoms with Crippen LogP contribution in [0.4, 0.5) is 10.3 Å². The number of ether oxygens (including phenoxy) is 2. The minimum atomic E-state index is -0.438. The van der Waals surface area contributed by atoms with Crippen molar-refractivity contribution in [2.24, 2.45) is 5.92 Å². The Bertz CT molecular complexity index is 689. The number of benzene rings is 1. The summed E-state index contributed by atoms with van der Waals surface area (Å²) in [7, 11) is 0. The molecule has 24 heavy (non-hydrogen) atoms. The Morgan fingerprint density at radius 1 is 1.12 bits per heavy atom. The fraction of sp³-hybridized carbons (Fsp3) is 0.529. The summed E-state index contributed by atoms with van der Waals surface area (Å²) in [5.41, 5.74) is 0.797. The van der Waals surface area contributed by atoms with Crippen molar-refractivity contribution >= 4 is 5.95 Å². The molecule has 128 valence electrons. The lowest BCUT2D eigenvalue weighted by atomic mass is 9.89. The first-order valence-electron chi connectivity index (χ1n) is 8.34. The van der Waals surface area contributed by atoms with Crippen LogP contribution in [0.5, 0.6) is 0 Å². The molecule has 1 aromatic heterocycles. The van der Waals surface area contributed by atoms with E-state index < -0.39 is 5.79 Å². The van der Waals surface area contributed by atoms with Gasteiger partial charge in [-0.15, -0.1) is 5.10 Å². The molecule has 4 rings (SSSR count). The monoisotopic (exact) mass is 332 g/mol. The lowest BCUT2D eigenvalue weighted by Gasteiger charge is -2.38. The number of rotatable bonds is 3. The SMILES string of the molecule is CC1(C2CCN(c3ncn(-c4ccc(F)cc4)n3)CC2)OCCO1.